The minimum atomic E-state index is -0.871. The van der Waals surface area contributed by atoms with Crippen molar-refractivity contribution in [2.75, 3.05) is 5.32 Å². The highest BCUT2D eigenvalue weighted by Crippen LogP contribution is 2.28. The third-order valence-electron chi connectivity index (χ3n) is 3.79. The Labute approximate surface area is 140 Å². The molecule has 0 aromatic heterocycles. The number of ether oxygens (including phenoxy) is 1. The first-order valence-electron chi connectivity index (χ1n) is 7.41. The van der Waals surface area contributed by atoms with Crippen LogP contribution in [0.5, 0.6) is 0 Å². The molecule has 0 heterocycles. The van der Waals surface area contributed by atoms with Crippen molar-refractivity contribution >= 4 is 40.8 Å². The lowest BCUT2D eigenvalue weighted by Gasteiger charge is -2.15. The van der Waals surface area contributed by atoms with Crippen molar-refractivity contribution in [3.63, 3.8) is 0 Å². The van der Waals surface area contributed by atoms with E-state index in [1.165, 1.54) is 12.8 Å². The fourth-order valence-corrected chi connectivity index (χ4v) is 2.91. The highest BCUT2D eigenvalue weighted by atomic mass is 35.5. The summed E-state index contributed by atoms with van der Waals surface area (Å²) in [5.74, 6) is -0.360. The summed E-state index contributed by atoms with van der Waals surface area (Å²) in [6.07, 6.45) is 3.98. The summed E-state index contributed by atoms with van der Waals surface area (Å²) in [5, 5.41) is 3.46. The van der Waals surface area contributed by atoms with Gasteiger partial charge in [-0.2, -0.15) is 0 Å². The lowest BCUT2D eigenvalue weighted by Crippen LogP contribution is -2.30. The maximum atomic E-state index is 12.1. The summed E-state index contributed by atoms with van der Waals surface area (Å²) in [6, 6.07) is 4.77. The third kappa shape index (κ3) is 4.89. The van der Waals surface area contributed by atoms with Crippen molar-refractivity contribution in [2.24, 2.45) is 5.92 Å². The second kappa shape index (κ2) is 7.84. The van der Waals surface area contributed by atoms with Gasteiger partial charge in [-0.05, 0) is 43.9 Å². The van der Waals surface area contributed by atoms with E-state index in [1.54, 1.807) is 25.1 Å². The van der Waals surface area contributed by atoms with E-state index in [0.717, 1.165) is 12.8 Å². The quantitative estimate of drug-likeness (QED) is 0.803. The van der Waals surface area contributed by atoms with Crippen molar-refractivity contribution in [3.8, 4) is 0 Å². The van der Waals surface area contributed by atoms with Crippen LogP contribution in [0.1, 0.15) is 39.0 Å². The molecular formula is C16H19Cl2NO3. The molecule has 22 heavy (non-hydrogen) atoms. The van der Waals surface area contributed by atoms with Gasteiger partial charge in [0.05, 0.1) is 10.7 Å². The van der Waals surface area contributed by atoms with Crippen LogP contribution >= 0.6 is 23.2 Å². The molecule has 1 saturated carbocycles. The van der Waals surface area contributed by atoms with Crippen LogP contribution in [0.4, 0.5) is 5.69 Å². The van der Waals surface area contributed by atoms with Gasteiger partial charge < -0.3 is 10.1 Å². The fraction of sp³-hybridized carbons (Fsp3) is 0.500. The van der Waals surface area contributed by atoms with Gasteiger partial charge in [-0.25, -0.2) is 0 Å². The predicted molar refractivity (Wildman–Crippen MR) is 87.2 cm³/mol. The van der Waals surface area contributed by atoms with Gasteiger partial charge in [-0.3, -0.25) is 9.59 Å². The Balaban J connectivity index is 1.85. The number of carbonyl (C=O) groups excluding carboxylic acids is 2. The third-order valence-corrected chi connectivity index (χ3v) is 4.36. The van der Waals surface area contributed by atoms with Crippen molar-refractivity contribution < 1.29 is 14.3 Å². The summed E-state index contributed by atoms with van der Waals surface area (Å²) in [7, 11) is 0. The Morgan fingerprint density at radius 1 is 1.32 bits per heavy atom. The van der Waals surface area contributed by atoms with Crippen LogP contribution < -0.4 is 5.32 Å². The maximum Gasteiger partial charge on any atom is 0.306 e. The Morgan fingerprint density at radius 2 is 2.00 bits per heavy atom. The van der Waals surface area contributed by atoms with Gasteiger partial charge in [0, 0.05) is 11.4 Å². The number of nitrogens with one attached hydrogen (secondary N) is 1. The largest absolute Gasteiger partial charge is 0.453 e. The van der Waals surface area contributed by atoms with E-state index in [0.29, 0.717) is 28.1 Å². The van der Waals surface area contributed by atoms with E-state index in [4.69, 9.17) is 27.9 Å². The first-order valence-corrected chi connectivity index (χ1v) is 8.16. The van der Waals surface area contributed by atoms with Crippen molar-refractivity contribution in [2.45, 2.75) is 45.1 Å². The molecule has 1 aliphatic rings. The van der Waals surface area contributed by atoms with Crippen molar-refractivity contribution in [3.05, 3.63) is 28.2 Å². The molecule has 4 nitrogen and oxygen atoms in total. The number of esters is 1. The minimum Gasteiger partial charge on any atom is -0.453 e. The lowest BCUT2D eigenvalue weighted by molar-refractivity contribution is -0.154. The van der Waals surface area contributed by atoms with Crippen LogP contribution in [0.25, 0.3) is 0 Å². The zero-order chi connectivity index (χ0) is 16.1. The molecule has 0 bridgehead atoms. The zero-order valence-electron chi connectivity index (χ0n) is 12.4. The monoisotopic (exact) mass is 343 g/mol. The molecule has 1 atom stereocenters. The number of amides is 1. The number of rotatable bonds is 5. The molecule has 1 N–H and O–H groups in total. The first kappa shape index (κ1) is 17.1. The van der Waals surface area contributed by atoms with Crippen LogP contribution in [0.2, 0.25) is 10.0 Å². The molecule has 1 fully saturated rings. The van der Waals surface area contributed by atoms with E-state index in [9.17, 15) is 9.59 Å². The standard InChI is InChI=1S/C16H19Cl2NO3/c1-10(22-15(20)8-11-4-2-3-5-11)16(21)19-14-9-12(17)6-7-13(14)18/h6-7,9-11H,2-5,8H2,1H3,(H,19,21). The van der Waals surface area contributed by atoms with E-state index in [1.807, 2.05) is 0 Å². The molecule has 1 aromatic rings. The van der Waals surface area contributed by atoms with Crippen LogP contribution in [-0.2, 0) is 14.3 Å². The molecule has 1 unspecified atom stereocenters. The molecule has 0 radical (unpaired) electrons. The Hall–Kier alpha value is -1.26. The van der Waals surface area contributed by atoms with E-state index < -0.39 is 12.0 Å². The number of hydrogen-bond acceptors (Lipinski definition) is 3. The number of anilines is 1. The highest BCUT2D eigenvalue weighted by Gasteiger charge is 2.23. The summed E-state index contributed by atoms with van der Waals surface area (Å²) in [5.41, 5.74) is 0.401. The van der Waals surface area contributed by atoms with Gasteiger partial charge in [-0.1, -0.05) is 36.0 Å². The van der Waals surface area contributed by atoms with Gasteiger partial charge in [0.15, 0.2) is 6.10 Å². The molecule has 0 spiro atoms. The summed E-state index contributed by atoms with van der Waals surface area (Å²) in [6.45, 7) is 1.54. The molecular weight excluding hydrogens is 325 g/mol. The van der Waals surface area contributed by atoms with Gasteiger partial charge in [0.2, 0.25) is 0 Å². The van der Waals surface area contributed by atoms with Crippen molar-refractivity contribution in [1.82, 2.24) is 0 Å². The van der Waals surface area contributed by atoms with Crippen molar-refractivity contribution in [1.29, 1.82) is 0 Å². The lowest BCUT2D eigenvalue weighted by atomic mass is 10.0. The topological polar surface area (TPSA) is 55.4 Å². The molecule has 2 rings (SSSR count). The number of halogens is 2. The molecule has 1 amide bonds. The highest BCUT2D eigenvalue weighted by molar-refractivity contribution is 6.35. The summed E-state index contributed by atoms with van der Waals surface area (Å²) < 4.78 is 5.19. The predicted octanol–water partition coefficient (Wildman–Crippen LogP) is 4.44. The second-order valence-corrected chi connectivity index (χ2v) is 6.44. The normalized spacial score (nSPS) is 16.3. The molecule has 120 valence electrons. The van der Waals surface area contributed by atoms with Crippen LogP contribution in [0.3, 0.4) is 0 Å². The van der Waals surface area contributed by atoms with Gasteiger partial charge in [0.1, 0.15) is 0 Å². The van der Waals surface area contributed by atoms with Crippen LogP contribution in [-0.4, -0.2) is 18.0 Å². The first-order chi connectivity index (χ1) is 10.5. The second-order valence-electron chi connectivity index (χ2n) is 5.60. The Bertz CT molecular complexity index is 556. The fourth-order valence-electron chi connectivity index (χ4n) is 2.58. The van der Waals surface area contributed by atoms with Crippen LogP contribution in [0, 0.1) is 5.92 Å². The van der Waals surface area contributed by atoms with Gasteiger partial charge >= 0.3 is 5.97 Å². The number of hydrogen-bond donors (Lipinski definition) is 1. The molecule has 1 aromatic carbocycles. The molecule has 6 heteroatoms. The minimum absolute atomic E-state index is 0.327. The number of benzene rings is 1. The SMILES string of the molecule is CC(OC(=O)CC1CCCC1)C(=O)Nc1cc(Cl)ccc1Cl. The van der Waals surface area contributed by atoms with E-state index in [-0.39, 0.29) is 5.97 Å². The van der Waals surface area contributed by atoms with Crippen LogP contribution in [0.15, 0.2) is 18.2 Å². The number of carbonyl (C=O) groups is 2. The molecule has 0 saturated heterocycles. The van der Waals surface area contributed by atoms with E-state index >= 15 is 0 Å². The Morgan fingerprint density at radius 3 is 2.68 bits per heavy atom. The average molecular weight is 344 g/mol. The average Bonchev–Trinajstić information content (AvgIpc) is 2.95. The smallest absolute Gasteiger partial charge is 0.306 e. The van der Waals surface area contributed by atoms with E-state index in [2.05, 4.69) is 5.32 Å². The zero-order valence-corrected chi connectivity index (χ0v) is 13.9. The molecule has 1 aliphatic carbocycles. The summed E-state index contributed by atoms with van der Waals surface area (Å²) in [4.78, 5) is 23.9. The van der Waals surface area contributed by atoms with Gasteiger partial charge in [-0.15, -0.1) is 0 Å². The molecule has 0 aliphatic heterocycles. The Kier molecular flexibility index (Phi) is 6.09. The summed E-state index contributed by atoms with van der Waals surface area (Å²) >= 11 is 11.8. The maximum absolute atomic E-state index is 12.1. The van der Waals surface area contributed by atoms with Gasteiger partial charge in [0.25, 0.3) is 5.91 Å².